The molecular weight excluding hydrogens is 192 g/mol. The Bertz CT molecular complexity index is 333. The van der Waals surface area contributed by atoms with Crippen LogP contribution in [0, 0.1) is 6.92 Å². The van der Waals surface area contributed by atoms with Gasteiger partial charge in [0, 0.05) is 0 Å². The van der Waals surface area contributed by atoms with Gasteiger partial charge in [-0.15, -0.1) is 0 Å². The monoisotopic (exact) mass is 208 g/mol. The van der Waals surface area contributed by atoms with Gasteiger partial charge in [-0.25, -0.2) is 0 Å². The molecule has 0 aliphatic rings. The minimum atomic E-state index is -1.03. The second-order valence-corrected chi connectivity index (χ2v) is 4.28. The zero-order valence-corrected chi connectivity index (χ0v) is 9.28. The number of carbonyl (C=O) groups excluding carboxylic acids is 1. The maximum Gasteiger partial charge on any atom is 0.314 e. The van der Waals surface area contributed by atoms with Gasteiger partial charge in [0.15, 0.2) is 0 Å². The molecule has 0 fully saturated rings. The fourth-order valence-electron chi connectivity index (χ4n) is 1.13. The van der Waals surface area contributed by atoms with Crippen LogP contribution in [0.4, 0.5) is 0 Å². The molecule has 1 N–H and O–H groups in total. The second-order valence-electron chi connectivity index (χ2n) is 4.28. The van der Waals surface area contributed by atoms with Crippen molar-refractivity contribution in [3.05, 3.63) is 29.8 Å². The SMILES string of the molecule is Cc1ccc(OC(=O)CC(C)(C)O)cc1. The Morgan fingerprint density at radius 3 is 2.33 bits per heavy atom. The van der Waals surface area contributed by atoms with E-state index >= 15 is 0 Å². The van der Waals surface area contributed by atoms with Crippen molar-refractivity contribution >= 4 is 5.97 Å². The summed E-state index contributed by atoms with van der Waals surface area (Å²) in [5, 5.41) is 9.41. The molecule has 1 rings (SSSR count). The lowest BCUT2D eigenvalue weighted by Gasteiger charge is -2.15. The molecule has 1 aromatic rings. The second kappa shape index (κ2) is 4.45. The third-order valence-corrected chi connectivity index (χ3v) is 1.83. The highest BCUT2D eigenvalue weighted by atomic mass is 16.5. The fourth-order valence-corrected chi connectivity index (χ4v) is 1.13. The molecule has 1 aromatic carbocycles. The van der Waals surface area contributed by atoms with Crippen LogP contribution in [0.1, 0.15) is 25.8 Å². The molecule has 0 aromatic heterocycles. The van der Waals surface area contributed by atoms with Crippen molar-refractivity contribution in [2.75, 3.05) is 0 Å². The Morgan fingerprint density at radius 2 is 1.87 bits per heavy atom. The number of aliphatic hydroxyl groups is 1. The number of ether oxygens (including phenoxy) is 1. The molecule has 3 nitrogen and oxygen atoms in total. The molecule has 0 heterocycles. The average Bonchev–Trinajstić information content (AvgIpc) is 2.05. The van der Waals surface area contributed by atoms with E-state index in [2.05, 4.69) is 0 Å². The van der Waals surface area contributed by atoms with Crippen molar-refractivity contribution in [3.63, 3.8) is 0 Å². The molecule has 82 valence electrons. The topological polar surface area (TPSA) is 46.5 Å². The smallest absolute Gasteiger partial charge is 0.314 e. The van der Waals surface area contributed by atoms with Crippen molar-refractivity contribution in [2.24, 2.45) is 0 Å². The van der Waals surface area contributed by atoms with Crippen LogP contribution in [-0.4, -0.2) is 16.7 Å². The third-order valence-electron chi connectivity index (χ3n) is 1.83. The number of aryl methyl sites for hydroxylation is 1. The zero-order chi connectivity index (χ0) is 11.5. The summed E-state index contributed by atoms with van der Waals surface area (Å²) >= 11 is 0. The summed E-state index contributed by atoms with van der Waals surface area (Å²) < 4.78 is 5.05. The lowest BCUT2D eigenvalue weighted by Crippen LogP contribution is -2.25. The van der Waals surface area contributed by atoms with E-state index in [1.165, 1.54) is 0 Å². The van der Waals surface area contributed by atoms with Crippen LogP contribution < -0.4 is 4.74 Å². The maximum atomic E-state index is 11.3. The molecular formula is C12H16O3. The highest BCUT2D eigenvalue weighted by Crippen LogP contribution is 2.14. The molecule has 0 atom stereocenters. The Balaban J connectivity index is 2.55. The predicted molar refractivity (Wildman–Crippen MR) is 57.7 cm³/mol. The van der Waals surface area contributed by atoms with Crippen LogP contribution in [0.3, 0.4) is 0 Å². The molecule has 0 spiro atoms. The van der Waals surface area contributed by atoms with Gasteiger partial charge in [0.1, 0.15) is 5.75 Å². The predicted octanol–water partition coefficient (Wildman–Crippen LogP) is 2.06. The number of hydrogen-bond acceptors (Lipinski definition) is 3. The summed E-state index contributed by atoms with van der Waals surface area (Å²) in [6.07, 6.45) is -0.0130. The summed E-state index contributed by atoms with van der Waals surface area (Å²) in [5.41, 5.74) is 0.0826. The molecule has 3 heteroatoms. The van der Waals surface area contributed by atoms with Crippen molar-refractivity contribution in [1.29, 1.82) is 0 Å². The van der Waals surface area contributed by atoms with Gasteiger partial charge < -0.3 is 9.84 Å². The van der Waals surface area contributed by atoms with E-state index in [-0.39, 0.29) is 6.42 Å². The van der Waals surface area contributed by atoms with Crippen molar-refractivity contribution in [3.8, 4) is 5.75 Å². The van der Waals surface area contributed by atoms with E-state index in [4.69, 9.17) is 4.74 Å². The lowest BCUT2D eigenvalue weighted by molar-refractivity contribution is -0.138. The zero-order valence-electron chi connectivity index (χ0n) is 9.28. The number of benzene rings is 1. The van der Waals surface area contributed by atoms with Crippen LogP contribution in [0.25, 0.3) is 0 Å². The van der Waals surface area contributed by atoms with Gasteiger partial charge in [-0.3, -0.25) is 4.79 Å². The quantitative estimate of drug-likeness (QED) is 0.611. The Hall–Kier alpha value is -1.35. The number of carbonyl (C=O) groups is 1. The van der Waals surface area contributed by atoms with Crippen molar-refractivity contribution in [2.45, 2.75) is 32.8 Å². The molecule has 0 amide bonds. The minimum Gasteiger partial charge on any atom is -0.426 e. The molecule has 0 saturated carbocycles. The molecule has 0 aliphatic heterocycles. The molecule has 0 unspecified atom stereocenters. The summed E-state index contributed by atoms with van der Waals surface area (Å²) in [6.45, 7) is 5.11. The standard InChI is InChI=1S/C12H16O3/c1-9-4-6-10(7-5-9)15-11(13)8-12(2,3)14/h4-7,14H,8H2,1-3H3. The average molecular weight is 208 g/mol. The molecule has 0 aliphatic carbocycles. The van der Waals surface area contributed by atoms with Crippen LogP contribution in [0.5, 0.6) is 5.75 Å². The van der Waals surface area contributed by atoms with Gasteiger partial charge >= 0.3 is 5.97 Å². The minimum absolute atomic E-state index is 0.0130. The van der Waals surface area contributed by atoms with E-state index in [1.54, 1.807) is 26.0 Å². The van der Waals surface area contributed by atoms with Gasteiger partial charge in [-0.2, -0.15) is 0 Å². The van der Waals surface area contributed by atoms with Crippen LogP contribution in [-0.2, 0) is 4.79 Å². The molecule has 0 saturated heterocycles. The van der Waals surface area contributed by atoms with Crippen LogP contribution in [0.2, 0.25) is 0 Å². The first-order chi connectivity index (χ1) is 6.87. The van der Waals surface area contributed by atoms with E-state index < -0.39 is 11.6 Å². The third kappa shape index (κ3) is 4.61. The lowest BCUT2D eigenvalue weighted by atomic mass is 10.1. The van der Waals surface area contributed by atoms with Gasteiger partial charge in [-0.1, -0.05) is 17.7 Å². The first-order valence-electron chi connectivity index (χ1n) is 4.86. The largest absolute Gasteiger partial charge is 0.426 e. The van der Waals surface area contributed by atoms with E-state index in [9.17, 15) is 9.90 Å². The number of esters is 1. The molecule has 15 heavy (non-hydrogen) atoms. The van der Waals surface area contributed by atoms with E-state index in [0.29, 0.717) is 5.75 Å². The van der Waals surface area contributed by atoms with Gasteiger partial charge in [-0.05, 0) is 32.9 Å². The van der Waals surface area contributed by atoms with Gasteiger partial charge in [0.25, 0.3) is 0 Å². The van der Waals surface area contributed by atoms with Gasteiger partial charge in [0.2, 0.25) is 0 Å². The van der Waals surface area contributed by atoms with Crippen LogP contribution >= 0.6 is 0 Å². The van der Waals surface area contributed by atoms with Crippen molar-refractivity contribution in [1.82, 2.24) is 0 Å². The summed E-state index contributed by atoms with van der Waals surface area (Å²) in [5.74, 6) is 0.0844. The fraction of sp³-hybridized carbons (Fsp3) is 0.417. The number of rotatable bonds is 3. The Morgan fingerprint density at radius 1 is 1.33 bits per heavy atom. The van der Waals surface area contributed by atoms with Gasteiger partial charge in [0.05, 0.1) is 12.0 Å². The van der Waals surface area contributed by atoms with E-state index in [0.717, 1.165) is 5.56 Å². The summed E-state index contributed by atoms with van der Waals surface area (Å²) in [6, 6.07) is 7.20. The first kappa shape index (κ1) is 11.7. The highest BCUT2D eigenvalue weighted by molar-refractivity contribution is 5.73. The van der Waals surface area contributed by atoms with Crippen molar-refractivity contribution < 1.29 is 14.6 Å². The van der Waals surface area contributed by atoms with E-state index in [1.807, 2.05) is 19.1 Å². The molecule has 0 radical (unpaired) electrons. The summed E-state index contributed by atoms with van der Waals surface area (Å²) in [4.78, 5) is 11.3. The normalized spacial score (nSPS) is 11.2. The maximum absolute atomic E-state index is 11.3. The number of hydrogen-bond donors (Lipinski definition) is 1. The molecule has 0 bridgehead atoms. The first-order valence-corrected chi connectivity index (χ1v) is 4.86. The Kier molecular flexibility index (Phi) is 3.48. The summed E-state index contributed by atoms with van der Waals surface area (Å²) in [7, 11) is 0. The highest BCUT2D eigenvalue weighted by Gasteiger charge is 2.19. The Labute approximate surface area is 89.7 Å². The van der Waals surface area contributed by atoms with Crippen LogP contribution in [0.15, 0.2) is 24.3 Å².